The van der Waals surface area contributed by atoms with Gasteiger partial charge < -0.3 is 10.1 Å². The summed E-state index contributed by atoms with van der Waals surface area (Å²) in [5.41, 5.74) is 4.59. The van der Waals surface area contributed by atoms with Gasteiger partial charge in [0.2, 0.25) is 10.0 Å². The number of ether oxygens (including phenoxy) is 1. The molecule has 2 aromatic carbocycles. The van der Waals surface area contributed by atoms with E-state index >= 15 is 0 Å². The molecule has 9 heteroatoms. The van der Waals surface area contributed by atoms with E-state index in [9.17, 15) is 13.2 Å². The van der Waals surface area contributed by atoms with Gasteiger partial charge in [0, 0.05) is 17.9 Å². The van der Waals surface area contributed by atoms with Gasteiger partial charge in [-0.2, -0.15) is 11.3 Å². The Bertz CT molecular complexity index is 1570. The van der Waals surface area contributed by atoms with Crippen LogP contribution >= 0.6 is 11.3 Å². The molecular weight excluding hydrogens is 530 g/mol. The number of aromatic nitrogens is 1. The standard InChI is InChI=1S/C30H29N3O4S2/c1-3-6-23-7-4-8-26(19-23)25-13-11-24(12-14-25)20-29(33-39(35,36)27-15-18-38-21-27)28-9-5-10-30(32-28)31-16-17-37-22(2)34/h4-5,7-15,18-19,21,29,33H,16-17,20H2,1-2H3,(H,31,32). The molecule has 4 rings (SSSR count). The second-order valence-electron chi connectivity index (χ2n) is 8.70. The molecule has 1 atom stereocenters. The summed E-state index contributed by atoms with van der Waals surface area (Å²) in [6, 6.07) is 22.5. The smallest absolute Gasteiger partial charge is 0.302 e. The van der Waals surface area contributed by atoms with Crippen LogP contribution in [0.2, 0.25) is 0 Å². The molecule has 0 amide bonds. The molecule has 7 nitrogen and oxygen atoms in total. The van der Waals surface area contributed by atoms with Gasteiger partial charge in [0.25, 0.3) is 0 Å². The first-order valence-corrected chi connectivity index (χ1v) is 14.8. The Morgan fingerprint density at radius 2 is 1.85 bits per heavy atom. The minimum absolute atomic E-state index is 0.204. The zero-order valence-corrected chi connectivity index (χ0v) is 23.3. The van der Waals surface area contributed by atoms with Crippen LogP contribution in [-0.2, 0) is 26.0 Å². The first-order chi connectivity index (χ1) is 18.8. The molecule has 0 saturated heterocycles. The zero-order valence-electron chi connectivity index (χ0n) is 21.7. The Morgan fingerprint density at radius 1 is 1.05 bits per heavy atom. The Labute approximate surface area is 233 Å². The van der Waals surface area contributed by atoms with Crippen LogP contribution in [0.15, 0.2) is 88.5 Å². The zero-order chi connectivity index (χ0) is 27.7. The fourth-order valence-electron chi connectivity index (χ4n) is 3.97. The molecule has 1 unspecified atom stereocenters. The number of hydrogen-bond donors (Lipinski definition) is 2. The number of hydrogen-bond acceptors (Lipinski definition) is 7. The van der Waals surface area contributed by atoms with Gasteiger partial charge in [0.1, 0.15) is 12.4 Å². The molecule has 2 heterocycles. The van der Waals surface area contributed by atoms with Gasteiger partial charge in [-0.25, -0.2) is 18.1 Å². The summed E-state index contributed by atoms with van der Waals surface area (Å²) >= 11 is 1.32. The fourth-order valence-corrected chi connectivity index (χ4v) is 6.21. The van der Waals surface area contributed by atoms with Gasteiger partial charge in [0.05, 0.1) is 23.2 Å². The molecule has 0 aliphatic rings. The van der Waals surface area contributed by atoms with Crippen molar-refractivity contribution < 1.29 is 17.9 Å². The molecule has 39 heavy (non-hydrogen) atoms. The van der Waals surface area contributed by atoms with Crippen LogP contribution in [0.3, 0.4) is 0 Å². The van der Waals surface area contributed by atoms with Crippen molar-refractivity contribution in [3.63, 3.8) is 0 Å². The van der Waals surface area contributed by atoms with Crippen molar-refractivity contribution in [1.29, 1.82) is 0 Å². The van der Waals surface area contributed by atoms with E-state index in [-0.39, 0.29) is 17.5 Å². The molecule has 0 bridgehead atoms. The molecule has 0 radical (unpaired) electrons. The number of esters is 1. The Balaban J connectivity index is 1.57. The predicted octanol–water partition coefficient (Wildman–Crippen LogP) is 5.42. The van der Waals surface area contributed by atoms with Crippen LogP contribution in [0.25, 0.3) is 11.1 Å². The van der Waals surface area contributed by atoms with Crippen LogP contribution in [0.4, 0.5) is 5.82 Å². The number of nitrogens with zero attached hydrogens (tertiary/aromatic N) is 1. The first kappa shape index (κ1) is 28.0. The number of rotatable bonds is 11. The Morgan fingerprint density at radius 3 is 2.56 bits per heavy atom. The summed E-state index contributed by atoms with van der Waals surface area (Å²) in [4.78, 5) is 15.9. The van der Waals surface area contributed by atoms with E-state index in [0.29, 0.717) is 24.5 Å². The summed E-state index contributed by atoms with van der Waals surface area (Å²) in [7, 11) is -3.76. The van der Waals surface area contributed by atoms with Crippen molar-refractivity contribution >= 4 is 33.1 Å². The third-order valence-corrected chi connectivity index (χ3v) is 8.10. The molecule has 0 saturated carbocycles. The molecule has 2 aromatic heterocycles. The van der Waals surface area contributed by atoms with E-state index in [2.05, 4.69) is 26.9 Å². The fraction of sp³-hybridized carbons (Fsp3) is 0.200. The van der Waals surface area contributed by atoms with Crippen LogP contribution in [0.5, 0.6) is 0 Å². The van der Waals surface area contributed by atoms with Crippen molar-refractivity contribution in [2.24, 2.45) is 0 Å². The van der Waals surface area contributed by atoms with E-state index in [4.69, 9.17) is 4.74 Å². The van der Waals surface area contributed by atoms with Crippen LogP contribution < -0.4 is 10.0 Å². The first-order valence-electron chi connectivity index (χ1n) is 12.3. The maximum atomic E-state index is 13.1. The molecule has 4 aromatic rings. The molecule has 0 aliphatic heterocycles. The van der Waals surface area contributed by atoms with E-state index in [0.717, 1.165) is 22.3 Å². The number of thiophene rings is 1. The number of anilines is 1. The van der Waals surface area contributed by atoms with E-state index in [1.807, 2.05) is 61.5 Å². The van der Waals surface area contributed by atoms with E-state index < -0.39 is 16.1 Å². The number of benzene rings is 2. The van der Waals surface area contributed by atoms with Crippen molar-refractivity contribution in [2.45, 2.75) is 31.2 Å². The van der Waals surface area contributed by atoms with Gasteiger partial charge in [0.15, 0.2) is 0 Å². The summed E-state index contributed by atoms with van der Waals surface area (Å²) in [6.45, 7) is 3.76. The largest absolute Gasteiger partial charge is 0.464 e. The molecule has 200 valence electrons. The number of nitrogens with one attached hydrogen (secondary N) is 2. The highest BCUT2D eigenvalue weighted by Gasteiger charge is 2.23. The average molecular weight is 560 g/mol. The van der Waals surface area contributed by atoms with Crippen LogP contribution in [-0.4, -0.2) is 32.5 Å². The third kappa shape index (κ3) is 8.01. The highest BCUT2D eigenvalue weighted by Crippen LogP contribution is 2.25. The van der Waals surface area contributed by atoms with Crippen molar-refractivity contribution in [3.05, 3.63) is 100 Å². The Hall–Kier alpha value is -3.97. The van der Waals surface area contributed by atoms with Gasteiger partial charge in [-0.05, 0) is 65.7 Å². The Kier molecular flexibility index (Phi) is 9.49. The van der Waals surface area contributed by atoms with Crippen LogP contribution in [0, 0.1) is 11.8 Å². The lowest BCUT2D eigenvalue weighted by Gasteiger charge is -2.19. The second kappa shape index (κ2) is 13.2. The maximum absolute atomic E-state index is 13.1. The SMILES string of the molecule is CC#Cc1cccc(-c2ccc(CC(NS(=O)(=O)c3ccsc3)c3cccc(NCCOC(C)=O)n3)cc2)c1. The maximum Gasteiger partial charge on any atom is 0.302 e. The predicted molar refractivity (Wildman–Crippen MR) is 155 cm³/mol. The third-order valence-electron chi connectivity index (χ3n) is 5.80. The van der Waals surface area contributed by atoms with Gasteiger partial charge >= 0.3 is 5.97 Å². The van der Waals surface area contributed by atoms with Crippen molar-refractivity contribution in [1.82, 2.24) is 9.71 Å². The van der Waals surface area contributed by atoms with Crippen molar-refractivity contribution in [2.75, 3.05) is 18.5 Å². The highest BCUT2D eigenvalue weighted by atomic mass is 32.2. The number of carbonyl (C=O) groups excluding carboxylic acids is 1. The summed E-state index contributed by atoms with van der Waals surface area (Å²) in [6.07, 6.45) is 0.398. The molecular formula is C30H29N3O4S2. The lowest BCUT2D eigenvalue weighted by molar-refractivity contribution is -0.140. The van der Waals surface area contributed by atoms with Crippen LogP contribution in [0.1, 0.15) is 36.7 Å². The van der Waals surface area contributed by atoms with Gasteiger partial charge in [-0.3, -0.25) is 4.79 Å². The lowest BCUT2D eigenvalue weighted by atomic mass is 9.98. The summed E-state index contributed by atoms with van der Waals surface area (Å²) in [5, 5.41) is 6.45. The lowest BCUT2D eigenvalue weighted by Crippen LogP contribution is -2.30. The number of pyridine rings is 1. The normalized spacial score (nSPS) is 11.7. The topological polar surface area (TPSA) is 97.4 Å². The minimum Gasteiger partial charge on any atom is -0.464 e. The number of sulfonamides is 1. The average Bonchev–Trinajstić information content (AvgIpc) is 3.48. The molecule has 0 aliphatic carbocycles. The summed E-state index contributed by atoms with van der Waals surface area (Å²) < 4.78 is 34.1. The quantitative estimate of drug-likeness (QED) is 0.145. The monoisotopic (exact) mass is 559 g/mol. The van der Waals surface area contributed by atoms with E-state index in [1.54, 1.807) is 29.0 Å². The molecule has 2 N–H and O–H groups in total. The number of carbonyl (C=O) groups is 1. The van der Waals surface area contributed by atoms with Gasteiger partial charge in [-0.1, -0.05) is 48.4 Å². The van der Waals surface area contributed by atoms with Crippen molar-refractivity contribution in [3.8, 4) is 23.0 Å². The van der Waals surface area contributed by atoms with E-state index in [1.165, 1.54) is 18.3 Å². The molecule has 0 fully saturated rings. The minimum atomic E-state index is -3.76. The molecule has 0 spiro atoms. The van der Waals surface area contributed by atoms with Gasteiger partial charge in [-0.15, -0.1) is 5.92 Å². The summed E-state index contributed by atoms with van der Waals surface area (Å²) in [5.74, 6) is 6.22. The highest BCUT2D eigenvalue weighted by molar-refractivity contribution is 7.89. The second-order valence-corrected chi connectivity index (χ2v) is 11.2.